The fraction of sp³-hybridized carbons (Fsp3) is 0.611. The van der Waals surface area contributed by atoms with E-state index in [2.05, 4.69) is 42.5 Å². The lowest BCUT2D eigenvalue weighted by Gasteiger charge is -2.13. The first-order valence-electron chi connectivity index (χ1n) is 8.38. The van der Waals surface area contributed by atoms with Gasteiger partial charge in [0.15, 0.2) is 5.96 Å². The van der Waals surface area contributed by atoms with E-state index in [4.69, 9.17) is 9.47 Å². The Morgan fingerprint density at radius 1 is 1.22 bits per heavy atom. The van der Waals surface area contributed by atoms with Crippen molar-refractivity contribution in [2.24, 2.45) is 10.9 Å². The summed E-state index contributed by atoms with van der Waals surface area (Å²) in [4.78, 5) is 4.63. The summed E-state index contributed by atoms with van der Waals surface area (Å²) < 4.78 is 10.7. The van der Waals surface area contributed by atoms with Crippen LogP contribution in [0.2, 0.25) is 0 Å². The molecule has 5 nitrogen and oxygen atoms in total. The molecular weight excluding hydrogens is 290 g/mol. The molecule has 0 fully saturated rings. The molecule has 1 aromatic rings. The summed E-state index contributed by atoms with van der Waals surface area (Å²) in [6.45, 7) is 10.2. The summed E-state index contributed by atoms with van der Waals surface area (Å²) in [5, 5.41) is 6.61. The smallest absolute Gasteiger partial charge is 0.191 e. The standard InChI is InChI=1S/C18H31N3O2/c1-5-19-18(20-13-15(2)3)21-14-16-8-6-9-17(12-16)23-11-7-10-22-4/h6,8-9,12,15H,5,7,10-11,13-14H2,1-4H3,(H2,19,20,21). The molecule has 0 atom stereocenters. The number of nitrogens with zero attached hydrogens (tertiary/aromatic N) is 1. The zero-order valence-corrected chi connectivity index (χ0v) is 14.9. The Morgan fingerprint density at radius 3 is 2.74 bits per heavy atom. The summed E-state index contributed by atoms with van der Waals surface area (Å²) in [6, 6.07) is 8.09. The Labute approximate surface area is 140 Å². The van der Waals surface area contributed by atoms with Gasteiger partial charge >= 0.3 is 0 Å². The fourth-order valence-electron chi connectivity index (χ4n) is 1.94. The van der Waals surface area contributed by atoms with Crippen molar-refractivity contribution in [2.45, 2.75) is 33.7 Å². The molecule has 130 valence electrons. The number of hydrogen-bond acceptors (Lipinski definition) is 3. The van der Waals surface area contributed by atoms with Gasteiger partial charge in [0.05, 0.1) is 13.2 Å². The van der Waals surface area contributed by atoms with Crippen molar-refractivity contribution in [1.82, 2.24) is 10.6 Å². The second-order valence-corrected chi connectivity index (χ2v) is 5.81. The maximum Gasteiger partial charge on any atom is 0.191 e. The molecule has 0 saturated carbocycles. The zero-order valence-electron chi connectivity index (χ0n) is 14.9. The molecule has 0 amide bonds. The summed E-state index contributed by atoms with van der Waals surface area (Å²) in [7, 11) is 1.70. The van der Waals surface area contributed by atoms with E-state index in [9.17, 15) is 0 Å². The average molecular weight is 321 g/mol. The Hall–Kier alpha value is -1.75. The third kappa shape index (κ3) is 9.08. The molecule has 0 bridgehead atoms. The van der Waals surface area contributed by atoms with Crippen LogP contribution in [0.1, 0.15) is 32.8 Å². The van der Waals surface area contributed by atoms with Gasteiger partial charge < -0.3 is 20.1 Å². The lowest BCUT2D eigenvalue weighted by Crippen LogP contribution is -2.39. The van der Waals surface area contributed by atoms with Gasteiger partial charge in [0.25, 0.3) is 0 Å². The molecule has 0 unspecified atom stereocenters. The molecule has 0 spiro atoms. The highest BCUT2D eigenvalue weighted by molar-refractivity contribution is 5.79. The minimum atomic E-state index is 0.586. The molecule has 23 heavy (non-hydrogen) atoms. The predicted octanol–water partition coefficient (Wildman–Crippen LogP) is 2.81. The van der Waals surface area contributed by atoms with E-state index in [0.717, 1.165) is 43.4 Å². The number of rotatable bonds is 10. The molecule has 0 saturated heterocycles. The van der Waals surface area contributed by atoms with Crippen molar-refractivity contribution in [1.29, 1.82) is 0 Å². The first-order chi connectivity index (χ1) is 11.2. The molecule has 0 aliphatic rings. The van der Waals surface area contributed by atoms with Crippen molar-refractivity contribution >= 4 is 5.96 Å². The number of guanidine groups is 1. The second-order valence-electron chi connectivity index (χ2n) is 5.81. The van der Waals surface area contributed by atoms with Crippen LogP contribution in [0.5, 0.6) is 5.75 Å². The van der Waals surface area contributed by atoms with Crippen LogP contribution in [0.15, 0.2) is 29.3 Å². The molecule has 1 rings (SSSR count). The fourth-order valence-corrected chi connectivity index (χ4v) is 1.94. The first kappa shape index (κ1) is 19.3. The Morgan fingerprint density at radius 2 is 2.04 bits per heavy atom. The van der Waals surface area contributed by atoms with E-state index >= 15 is 0 Å². The van der Waals surface area contributed by atoms with Gasteiger partial charge in [-0.25, -0.2) is 4.99 Å². The van der Waals surface area contributed by atoms with Crippen molar-refractivity contribution in [3.8, 4) is 5.75 Å². The van der Waals surface area contributed by atoms with Crippen molar-refractivity contribution in [2.75, 3.05) is 33.4 Å². The number of nitrogens with one attached hydrogen (secondary N) is 2. The molecule has 0 aliphatic heterocycles. The summed E-state index contributed by atoms with van der Waals surface area (Å²) in [5.41, 5.74) is 1.14. The Kier molecular flexibility index (Phi) is 9.87. The normalized spacial score (nSPS) is 11.6. The summed E-state index contributed by atoms with van der Waals surface area (Å²) in [5.74, 6) is 2.32. The monoisotopic (exact) mass is 321 g/mol. The topological polar surface area (TPSA) is 54.9 Å². The van der Waals surface area contributed by atoms with Gasteiger partial charge in [-0.3, -0.25) is 0 Å². The molecule has 1 aromatic carbocycles. The van der Waals surface area contributed by atoms with Gasteiger partial charge in [-0.1, -0.05) is 26.0 Å². The molecule has 5 heteroatoms. The van der Waals surface area contributed by atoms with Crippen molar-refractivity contribution < 1.29 is 9.47 Å². The van der Waals surface area contributed by atoms with E-state index < -0.39 is 0 Å². The van der Waals surface area contributed by atoms with Gasteiger partial charge in [0, 0.05) is 33.2 Å². The van der Waals surface area contributed by atoms with Crippen LogP contribution in [0, 0.1) is 5.92 Å². The number of aliphatic imine (C=N–C) groups is 1. The van der Waals surface area contributed by atoms with E-state index in [-0.39, 0.29) is 0 Å². The van der Waals surface area contributed by atoms with E-state index in [1.807, 2.05) is 18.2 Å². The largest absolute Gasteiger partial charge is 0.493 e. The predicted molar refractivity (Wildman–Crippen MR) is 96.1 cm³/mol. The van der Waals surface area contributed by atoms with Gasteiger partial charge in [0.1, 0.15) is 5.75 Å². The SMILES string of the molecule is CCNC(=NCc1cccc(OCCCOC)c1)NCC(C)C. The number of methoxy groups -OCH3 is 1. The van der Waals surface area contributed by atoms with Gasteiger partial charge in [0.2, 0.25) is 0 Å². The summed E-state index contributed by atoms with van der Waals surface area (Å²) >= 11 is 0. The molecule has 0 aromatic heterocycles. The van der Waals surface area contributed by atoms with Crippen molar-refractivity contribution in [3.63, 3.8) is 0 Å². The average Bonchev–Trinajstić information content (AvgIpc) is 2.54. The van der Waals surface area contributed by atoms with E-state index in [1.54, 1.807) is 7.11 Å². The maximum absolute atomic E-state index is 5.72. The van der Waals surface area contributed by atoms with Crippen LogP contribution in [-0.2, 0) is 11.3 Å². The maximum atomic E-state index is 5.72. The minimum absolute atomic E-state index is 0.586. The Balaban J connectivity index is 2.54. The highest BCUT2D eigenvalue weighted by Crippen LogP contribution is 2.14. The zero-order chi connectivity index (χ0) is 16.9. The van der Waals surface area contributed by atoms with Crippen LogP contribution >= 0.6 is 0 Å². The molecule has 0 radical (unpaired) electrons. The molecule has 0 aliphatic carbocycles. The third-order valence-electron chi connectivity index (χ3n) is 3.10. The Bertz CT molecular complexity index is 461. The van der Waals surface area contributed by atoms with Crippen LogP contribution in [0.25, 0.3) is 0 Å². The number of ether oxygens (including phenoxy) is 2. The van der Waals surface area contributed by atoms with Gasteiger partial charge in [-0.2, -0.15) is 0 Å². The highest BCUT2D eigenvalue weighted by Gasteiger charge is 2.01. The molecule has 2 N–H and O–H groups in total. The highest BCUT2D eigenvalue weighted by atomic mass is 16.5. The van der Waals surface area contributed by atoms with Gasteiger partial charge in [-0.15, -0.1) is 0 Å². The first-order valence-corrected chi connectivity index (χ1v) is 8.38. The van der Waals surface area contributed by atoms with Crippen LogP contribution < -0.4 is 15.4 Å². The third-order valence-corrected chi connectivity index (χ3v) is 3.10. The molecule has 0 heterocycles. The minimum Gasteiger partial charge on any atom is -0.493 e. The molecular formula is C18H31N3O2. The van der Waals surface area contributed by atoms with E-state index in [1.165, 1.54) is 0 Å². The number of benzene rings is 1. The lowest BCUT2D eigenvalue weighted by atomic mass is 10.2. The summed E-state index contributed by atoms with van der Waals surface area (Å²) in [6.07, 6.45) is 0.891. The lowest BCUT2D eigenvalue weighted by molar-refractivity contribution is 0.172. The van der Waals surface area contributed by atoms with Crippen LogP contribution in [0.3, 0.4) is 0 Å². The van der Waals surface area contributed by atoms with Crippen LogP contribution in [-0.4, -0.2) is 39.4 Å². The van der Waals surface area contributed by atoms with Crippen LogP contribution in [0.4, 0.5) is 0 Å². The van der Waals surface area contributed by atoms with E-state index in [0.29, 0.717) is 19.1 Å². The van der Waals surface area contributed by atoms with Crippen molar-refractivity contribution in [3.05, 3.63) is 29.8 Å². The number of hydrogen-bond donors (Lipinski definition) is 2. The quantitative estimate of drug-likeness (QED) is 0.395. The second kappa shape index (κ2) is 11.8. The van der Waals surface area contributed by atoms with Gasteiger partial charge in [-0.05, 0) is 30.5 Å².